The Morgan fingerprint density at radius 2 is 2.00 bits per heavy atom. The second-order valence-corrected chi connectivity index (χ2v) is 4.22. The van der Waals surface area contributed by atoms with Crippen molar-refractivity contribution in [2.75, 3.05) is 6.61 Å². The highest BCUT2D eigenvalue weighted by Gasteiger charge is 2.20. The topological polar surface area (TPSA) is 69.4 Å². The first kappa shape index (κ1) is 11.9. The van der Waals surface area contributed by atoms with E-state index >= 15 is 0 Å². The molecule has 7 heteroatoms. The van der Waals surface area contributed by atoms with Gasteiger partial charge >= 0.3 is 0 Å². The molecule has 0 bridgehead atoms. The normalized spacial score (nSPS) is 11.5. The van der Waals surface area contributed by atoms with Crippen LogP contribution in [0.3, 0.4) is 0 Å². The zero-order chi connectivity index (χ0) is 11.6. The van der Waals surface area contributed by atoms with Crippen LogP contribution >= 0.6 is 0 Å². The van der Waals surface area contributed by atoms with Gasteiger partial charge in [-0.05, 0) is 13.0 Å². The van der Waals surface area contributed by atoms with Gasteiger partial charge < -0.3 is 4.74 Å². The van der Waals surface area contributed by atoms with Gasteiger partial charge in [-0.25, -0.2) is 22.3 Å². The summed E-state index contributed by atoms with van der Waals surface area (Å²) in [5, 5.41) is 4.78. The lowest BCUT2D eigenvalue weighted by Gasteiger charge is -2.09. The van der Waals surface area contributed by atoms with Crippen molar-refractivity contribution in [1.82, 2.24) is 0 Å². The van der Waals surface area contributed by atoms with Crippen molar-refractivity contribution in [2.45, 2.75) is 11.8 Å². The van der Waals surface area contributed by atoms with Gasteiger partial charge in [-0.2, -0.15) is 0 Å². The molecule has 0 aliphatic carbocycles. The van der Waals surface area contributed by atoms with Gasteiger partial charge in [0.1, 0.15) is 10.7 Å². The molecule has 0 saturated heterocycles. The predicted octanol–water partition coefficient (Wildman–Crippen LogP) is 1.01. The maximum Gasteiger partial charge on any atom is 0.241 e. The van der Waals surface area contributed by atoms with Gasteiger partial charge in [-0.3, -0.25) is 0 Å². The first-order valence-corrected chi connectivity index (χ1v) is 5.55. The Morgan fingerprint density at radius 3 is 2.47 bits per heavy atom. The van der Waals surface area contributed by atoms with E-state index in [9.17, 15) is 17.2 Å². The third-order valence-corrected chi connectivity index (χ3v) is 2.49. The fraction of sp³-hybridized carbons (Fsp3) is 0.250. The molecule has 2 N–H and O–H groups in total. The zero-order valence-electron chi connectivity index (χ0n) is 7.83. The van der Waals surface area contributed by atoms with E-state index in [1.807, 2.05) is 0 Å². The van der Waals surface area contributed by atoms with Crippen molar-refractivity contribution >= 4 is 10.0 Å². The monoisotopic (exact) mass is 237 g/mol. The van der Waals surface area contributed by atoms with Gasteiger partial charge in [0.2, 0.25) is 10.0 Å². The average molecular weight is 237 g/mol. The van der Waals surface area contributed by atoms with Crippen molar-refractivity contribution in [3.05, 3.63) is 23.8 Å². The number of sulfonamides is 1. The van der Waals surface area contributed by atoms with E-state index in [-0.39, 0.29) is 6.61 Å². The number of primary sulfonamides is 1. The molecule has 0 atom stereocenters. The number of benzene rings is 1. The minimum atomic E-state index is -4.21. The summed E-state index contributed by atoms with van der Waals surface area (Å²) in [5.74, 6) is -2.68. The van der Waals surface area contributed by atoms with Crippen LogP contribution in [0, 0.1) is 11.6 Å². The van der Waals surface area contributed by atoms with Crippen LogP contribution in [0.1, 0.15) is 6.92 Å². The Bertz CT molecular complexity index is 473. The van der Waals surface area contributed by atoms with Crippen molar-refractivity contribution in [3.63, 3.8) is 0 Å². The molecular formula is C8H9F2NO3S. The Kier molecular flexibility index (Phi) is 3.25. The minimum Gasteiger partial charge on any atom is -0.489 e. The number of rotatable bonds is 3. The summed E-state index contributed by atoms with van der Waals surface area (Å²) in [4.78, 5) is -0.693. The minimum absolute atomic E-state index is 0.0467. The van der Waals surface area contributed by atoms with Crippen LogP contribution in [0.15, 0.2) is 17.0 Å². The lowest BCUT2D eigenvalue weighted by atomic mass is 10.3. The highest BCUT2D eigenvalue weighted by molar-refractivity contribution is 7.89. The standard InChI is InChI=1S/C8H9F2NO3S/c1-2-14-8-6(10)3-5(9)4-7(8)15(11,12)13/h3-4H,2H2,1H3,(H2,11,12,13). The van der Waals surface area contributed by atoms with E-state index in [0.29, 0.717) is 12.1 Å². The second-order valence-electron chi connectivity index (χ2n) is 2.69. The van der Waals surface area contributed by atoms with E-state index in [2.05, 4.69) is 0 Å². The first-order chi connectivity index (χ1) is 6.86. The van der Waals surface area contributed by atoms with Crippen LogP contribution in [-0.4, -0.2) is 15.0 Å². The van der Waals surface area contributed by atoms with Gasteiger partial charge in [0, 0.05) is 6.07 Å². The summed E-state index contributed by atoms with van der Waals surface area (Å²) in [5.41, 5.74) is 0. The summed E-state index contributed by atoms with van der Waals surface area (Å²) >= 11 is 0. The van der Waals surface area contributed by atoms with Crippen LogP contribution in [-0.2, 0) is 10.0 Å². The summed E-state index contributed by atoms with van der Waals surface area (Å²) in [6.07, 6.45) is 0. The van der Waals surface area contributed by atoms with Crippen molar-refractivity contribution in [2.24, 2.45) is 5.14 Å². The lowest BCUT2D eigenvalue weighted by molar-refractivity contribution is 0.310. The van der Waals surface area contributed by atoms with Crippen molar-refractivity contribution in [1.29, 1.82) is 0 Å². The first-order valence-electron chi connectivity index (χ1n) is 4.01. The second kappa shape index (κ2) is 4.11. The molecule has 15 heavy (non-hydrogen) atoms. The predicted molar refractivity (Wildman–Crippen MR) is 48.9 cm³/mol. The molecule has 0 saturated carbocycles. The molecular weight excluding hydrogens is 228 g/mol. The molecule has 1 rings (SSSR count). The SMILES string of the molecule is CCOc1c(F)cc(F)cc1S(N)(=O)=O. The highest BCUT2D eigenvalue weighted by Crippen LogP contribution is 2.27. The maximum atomic E-state index is 13.1. The van der Waals surface area contributed by atoms with E-state index in [0.717, 1.165) is 0 Å². The molecule has 4 nitrogen and oxygen atoms in total. The van der Waals surface area contributed by atoms with Crippen molar-refractivity contribution in [3.8, 4) is 5.75 Å². The largest absolute Gasteiger partial charge is 0.489 e. The quantitative estimate of drug-likeness (QED) is 0.853. The average Bonchev–Trinajstić information content (AvgIpc) is 2.07. The van der Waals surface area contributed by atoms with Crippen LogP contribution in [0.25, 0.3) is 0 Å². The number of hydrogen-bond acceptors (Lipinski definition) is 3. The molecule has 0 spiro atoms. The molecule has 0 aromatic heterocycles. The molecule has 0 fully saturated rings. The van der Waals surface area contributed by atoms with Gasteiger partial charge in [0.25, 0.3) is 0 Å². The summed E-state index contributed by atoms with van der Waals surface area (Å²) in [6.45, 7) is 1.58. The number of nitrogens with two attached hydrogens (primary N) is 1. The number of ether oxygens (including phenoxy) is 1. The molecule has 0 heterocycles. The summed E-state index contributed by atoms with van der Waals surface area (Å²) in [7, 11) is -4.21. The van der Waals surface area contributed by atoms with Crippen molar-refractivity contribution < 1.29 is 21.9 Å². The Labute approximate surface area is 85.7 Å². The fourth-order valence-corrected chi connectivity index (χ4v) is 1.72. The zero-order valence-corrected chi connectivity index (χ0v) is 8.64. The smallest absolute Gasteiger partial charge is 0.241 e. The lowest BCUT2D eigenvalue weighted by Crippen LogP contribution is -2.15. The molecule has 0 amide bonds. The summed E-state index contributed by atoms with van der Waals surface area (Å²) in [6, 6.07) is 1.14. The Hall–Kier alpha value is -1.21. The summed E-state index contributed by atoms with van der Waals surface area (Å²) < 4.78 is 52.6. The van der Waals surface area contributed by atoms with Crippen LogP contribution < -0.4 is 9.88 Å². The third-order valence-electron chi connectivity index (χ3n) is 1.57. The van der Waals surface area contributed by atoms with Gasteiger partial charge in [0.05, 0.1) is 6.61 Å². The van der Waals surface area contributed by atoms with Crippen LogP contribution in [0.4, 0.5) is 8.78 Å². The molecule has 1 aromatic carbocycles. The van der Waals surface area contributed by atoms with Crippen LogP contribution in [0.5, 0.6) is 5.75 Å². The van der Waals surface area contributed by atoms with Crippen LogP contribution in [0.2, 0.25) is 0 Å². The van der Waals surface area contributed by atoms with E-state index in [4.69, 9.17) is 9.88 Å². The maximum absolute atomic E-state index is 13.1. The van der Waals surface area contributed by atoms with E-state index < -0.39 is 32.3 Å². The highest BCUT2D eigenvalue weighted by atomic mass is 32.2. The fourth-order valence-electron chi connectivity index (χ4n) is 1.03. The molecule has 0 aliphatic heterocycles. The van der Waals surface area contributed by atoms with E-state index in [1.165, 1.54) is 6.92 Å². The Balaban J connectivity index is 3.47. The van der Waals surface area contributed by atoms with Gasteiger partial charge in [0.15, 0.2) is 11.6 Å². The number of halogens is 2. The molecule has 1 aromatic rings. The molecule has 0 aliphatic rings. The molecule has 0 radical (unpaired) electrons. The van der Waals surface area contributed by atoms with Gasteiger partial charge in [-0.15, -0.1) is 0 Å². The molecule has 0 unspecified atom stereocenters. The molecule has 84 valence electrons. The Morgan fingerprint density at radius 1 is 1.40 bits per heavy atom. The number of hydrogen-bond donors (Lipinski definition) is 1. The van der Waals surface area contributed by atoms with Gasteiger partial charge in [-0.1, -0.05) is 0 Å². The third kappa shape index (κ3) is 2.63. The van der Waals surface area contributed by atoms with E-state index in [1.54, 1.807) is 0 Å².